The summed E-state index contributed by atoms with van der Waals surface area (Å²) in [6.45, 7) is 1.87. The van der Waals surface area contributed by atoms with Crippen molar-refractivity contribution in [1.82, 2.24) is 0 Å². The van der Waals surface area contributed by atoms with Gasteiger partial charge in [-0.15, -0.1) is 0 Å². The topological polar surface area (TPSA) is 71.4 Å². The number of carboxylic acid groups (broad SMARTS) is 1. The molecule has 1 fully saturated rings. The van der Waals surface area contributed by atoms with Gasteiger partial charge in [-0.25, -0.2) is 8.42 Å². The van der Waals surface area contributed by atoms with Crippen LogP contribution in [0, 0.1) is 12.8 Å². The third kappa shape index (κ3) is 2.93. The molecule has 0 aromatic heterocycles. The monoisotopic (exact) mass is 394 g/mol. The molecule has 0 aliphatic heterocycles. The molecule has 120 valence electrons. The van der Waals surface area contributed by atoms with Crippen LogP contribution in [0.4, 0.5) is 0 Å². The van der Waals surface area contributed by atoms with Crippen LogP contribution in [-0.2, 0) is 14.6 Å². The molecule has 1 saturated carbocycles. The van der Waals surface area contributed by atoms with E-state index in [9.17, 15) is 18.3 Å². The van der Waals surface area contributed by atoms with Crippen LogP contribution < -0.4 is 0 Å². The minimum absolute atomic E-state index is 0.180. The maximum Gasteiger partial charge on any atom is 0.308 e. The Labute approximate surface area is 143 Å². The van der Waals surface area contributed by atoms with Gasteiger partial charge in [0, 0.05) is 10.4 Å². The van der Waals surface area contributed by atoms with E-state index < -0.39 is 32.9 Å². The van der Waals surface area contributed by atoms with E-state index >= 15 is 0 Å². The standard InChI is InChI=1S/C17H15BrO4S/c1-10-2-8-13(9-3-10)23(21,22)16-14(15(16)17(19)20)11-4-6-12(18)7-5-11/h2-9,14-16H,1H3,(H,19,20)/t14-,15+,16+/m0/s1. The number of carbonyl (C=O) groups is 1. The lowest BCUT2D eigenvalue weighted by atomic mass is 10.1. The van der Waals surface area contributed by atoms with Gasteiger partial charge in [-0.1, -0.05) is 45.8 Å². The molecule has 1 N–H and O–H groups in total. The Kier molecular flexibility index (Phi) is 4.06. The van der Waals surface area contributed by atoms with E-state index in [0.29, 0.717) is 0 Å². The van der Waals surface area contributed by atoms with Gasteiger partial charge < -0.3 is 5.11 Å². The van der Waals surface area contributed by atoms with Crippen LogP contribution in [0.15, 0.2) is 57.9 Å². The van der Waals surface area contributed by atoms with Gasteiger partial charge in [-0.05, 0) is 36.8 Å². The van der Waals surface area contributed by atoms with Crippen molar-refractivity contribution in [3.8, 4) is 0 Å². The number of halogens is 1. The lowest BCUT2D eigenvalue weighted by Gasteiger charge is -2.05. The highest BCUT2D eigenvalue weighted by Crippen LogP contribution is 2.54. The number of rotatable bonds is 4. The van der Waals surface area contributed by atoms with Gasteiger partial charge in [0.25, 0.3) is 0 Å². The number of hydrogen-bond acceptors (Lipinski definition) is 3. The first-order chi connectivity index (χ1) is 10.8. The Morgan fingerprint density at radius 3 is 2.13 bits per heavy atom. The van der Waals surface area contributed by atoms with Crippen molar-refractivity contribution in [3.05, 3.63) is 64.1 Å². The van der Waals surface area contributed by atoms with Gasteiger partial charge in [-0.2, -0.15) is 0 Å². The zero-order chi connectivity index (χ0) is 16.8. The molecule has 2 aromatic carbocycles. The highest BCUT2D eigenvalue weighted by Gasteiger charge is 2.63. The number of benzene rings is 2. The molecule has 0 spiro atoms. The second-order valence-corrected chi connectivity index (χ2v) is 8.79. The number of aliphatic carboxylic acids is 1. The van der Waals surface area contributed by atoms with Crippen molar-refractivity contribution < 1.29 is 18.3 Å². The molecule has 4 nitrogen and oxygen atoms in total. The summed E-state index contributed by atoms with van der Waals surface area (Å²) in [5.41, 5.74) is 1.69. The van der Waals surface area contributed by atoms with Crippen LogP contribution in [0.25, 0.3) is 0 Å². The fourth-order valence-corrected chi connectivity index (χ4v) is 5.32. The summed E-state index contributed by atoms with van der Waals surface area (Å²) in [5.74, 6) is -2.48. The Morgan fingerprint density at radius 2 is 1.61 bits per heavy atom. The molecule has 2 aromatic rings. The molecule has 1 aliphatic carbocycles. The minimum atomic E-state index is -3.68. The minimum Gasteiger partial charge on any atom is -0.481 e. The molecule has 0 saturated heterocycles. The molecule has 6 heteroatoms. The van der Waals surface area contributed by atoms with Crippen LogP contribution in [0.3, 0.4) is 0 Å². The Bertz CT molecular complexity index is 841. The Morgan fingerprint density at radius 1 is 1.04 bits per heavy atom. The summed E-state index contributed by atoms with van der Waals surface area (Å²) in [4.78, 5) is 11.7. The van der Waals surface area contributed by atoms with Crippen LogP contribution in [-0.4, -0.2) is 24.7 Å². The second-order valence-electron chi connectivity index (χ2n) is 5.76. The summed E-state index contributed by atoms with van der Waals surface area (Å²) in [6.07, 6.45) is 0. The van der Waals surface area contributed by atoms with E-state index in [1.807, 2.05) is 6.92 Å². The molecular formula is C17H15BrO4S. The normalized spacial score (nSPS) is 23.5. The zero-order valence-electron chi connectivity index (χ0n) is 12.3. The Hall–Kier alpha value is -1.66. The first-order valence-corrected chi connectivity index (χ1v) is 9.45. The van der Waals surface area contributed by atoms with E-state index in [4.69, 9.17) is 0 Å². The molecule has 1 aliphatic rings. The summed E-state index contributed by atoms with van der Waals surface area (Å²) in [6, 6.07) is 13.7. The van der Waals surface area contributed by atoms with E-state index in [0.717, 1.165) is 15.6 Å². The first kappa shape index (κ1) is 16.2. The summed E-state index contributed by atoms with van der Waals surface area (Å²) < 4.78 is 26.5. The average molecular weight is 395 g/mol. The van der Waals surface area contributed by atoms with Crippen molar-refractivity contribution in [2.24, 2.45) is 5.92 Å². The third-order valence-corrected chi connectivity index (χ3v) is 6.96. The molecular weight excluding hydrogens is 380 g/mol. The molecule has 0 radical (unpaired) electrons. The smallest absolute Gasteiger partial charge is 0.308 e. The van der Waals surface area contributed by atoms with Crippen molar-refractivity contribution >= 4 is 31.7 Å². The van der Waals surface area contributed by atoms with Crippen molar-refractivity contribution in [2.75, 3.05) is 0 Å². The summed E-state index contributed by atoms with van der Waals surface area (Å²) >= 11 is 3.32. The fourth-order valence-electron chi connectivity index (χ4n) is 2.93. The molecule has 0 bridgehead atoms. The summed E-state index contributed by atoms with van der Waals surface area (Å²) in [5, 5.41) is 8.48. The van der Waals surface area contributed by atoms with Gasteiger partial charge in [0.1, 0.15) is 0 Å². The van der Waals surface area contributed by atoms with Crippen LogP contribution in [0.2, 0.25) is 0 Å². The molecule has 3 atom stereocenters. The number of sulfone groups is 1. The highest BCUT2D eigenvalue weighted by atomic mass is 79.9. The molecule has 0 unspecified atom stereocenters. The van der Waals surface area contributed by atoms with Crippen molar-refractivity contribution in [1.29, 1.82) is 0 Å². The number of carboxylic acids is 1. The number of aryl methyl sites for hydroxylation is 1. The quantitative estimate of drug-likeness (QED) is 0.862. The van der Waals surface area contributed by atoms with E-state index in [2.05, 4.69) is 15.9 Å². The third-order valence-electron chi connectivity index (χ3n) is 4.20. The van der Waals surface area contributed by atoms with Gasteiger partial charge in [0.15, 0.2) is 9.84 Å². The maximum absolute atomic E-state index is 12.8. The van der Waals surface area contributed by atoms with E-state index in [1.165, 1.54) is 0 Å². The van der Waals surface area contributed by atoms with Crippen LogP contribution in [0.1, 0.15) is 17.0 Å². The van der Waals surface area contributed by atoms with Crippen molar-refractivity contribution in [3.63, 3.8) is 0 Å². The second kappa shape index (κ2) is 5.76. The molecule has 23 heavy (non-hydrogen) atoms. The lowest BCUT2D eigenvalue weighted by Crippen LogP contribution is -2.13. The van der Waals surface area contributed by atoms with E-state index in [1.54, 1.807) is 48.5 Å². The molecule has 0 heterocycles. The fraction of sp³-hybridized carbons (Fsp3) is 0.235. The lowest BCUT2D eigenvalue weighted by molar-refractivity contribution is -0.138. The predicted octanol–water partition coefficient (Wildman–Crippen LogP) is 3.40. The van der Waals surface area contributed by atoms with Gasteiger partial charge >= 0.3 is 5.97 Å². The van der Waals surface area contributed by atoms with Crippen LogP contribution in [0.5, 0.6) is 0 Å². The predicted molar refractivity (Wildman–Crippen MR) is 90.2 cm³/mol. The summed E-state index contributed by atoms with van der Waals surface area (Å²) in [7, 11) is -3.68. The van der Waals surface area contributed by atoms with Crippen molar-refractivity contribution in [2.45, 2.75) is 23.0 Å². The first-order valence-electron chi connectivity index (χ1n) is 7.11. The Balaban J connectivity index is 1.98. The van der Waals surface area contributed by atoms with Gasteiger partial charge in [0.05, 0.1) is 16.1 Å². The number of hydrogen-bond donors (Lipinski definition) is 1. The van der Waals surface area contributed by atoms with Gasteiger partial charge in [-0.3, -0.25) is 4.79 Å². The zero-order valence-corrected chi connectivity index (χ0v) is 14.7. The molecule has 0 amide bonds. The van der Waals surface area contributed by atoms with Gasteiger partial charge in [0.2, 0.25) is 0 Å². The molecule has 3 rings (SSSR count). The van der Waals surface area contributed by atoms with Crippen LogP contribution >= 0.6 is 15.9 Å². The SMILES string of the molecule is Cc1ccc(S(=O)(=O)[C@H]2[C@H](C(=O)O)[C@@H]2c2ccc(Br)cc2)cc1. The average Bonchev–Trinajstić information content (AvgIpc) is 3.25. The largest absolute Gasteiger partial charge is 0.481 e. The highest BCUT2D eigenvalue weighted by molar-refractivity contribution is 9.10. The maximum atomic E-state index is 12.8. The van der Waals surface area contributed by atoms with E-state index in [-0.39, 0.29) is 4.90 Å².